The van der Waals surface area contributed by atoms with Crippen LogP contribution in [0.5, 0.6) is 0 Å². The number of rotatable bonds is 3. The van der Waals surface area contributed by atoms with Crippen LogP contribution in [0.1, 0.15) is 24.1 Å². The van der Waals surface area contributed by atoms with Gasteiger partial charge in [0.2, 0.25) is 0 Å². The van der Waals surface area contributed by atoms with Gasteiger partial charge in [-0.05, 0) is 34.0 Å². The van der Waals surface area contributed by atoms with E-state index < -0.39 is 0 Å². The summed E-state index contributed by atoms with van der Waals surface area (Å²) in [5.41, 5.74) is 2.43. The molecule has 24 heavy (non-hydrogen) atoms. The third-order valence-corrected chi connectivity index (χ3v) is 4.53. The highest BCUT2D eigenvalue weighted by molar-refractivity contribution is 5.99. The largest absolute Gasteiger partial charge is 0.285 e. The summed E-state index contributed by atoms with van der Waals surface area (Å²) in [7, 11) is 0. The fourth-order valence-corrected chi connectivity index (χ4v) is 3.25. The highest BCUT2D eigenvalue weighted by atomic mass is 14.8. The summed E-state index contributed by atoms with van der Waals surface area (Å²) in [5, 5.41) is 5.04. The van der Waals surface area contributed by atoms with E-state index >= 15 is 0 Å². The number of hydrogen-bond donors (Lipinski definition) is 0. The van der Waals surface area contributed by atoms with E-state index in [0.717, 1.165) is 0 Å². The van der Waals surface area contributed by atoms with Gasteiger partial charge in [0.05, 0.1) is 6.04 Å². The molecule has 0 bridgehead atoms. The number of benzene rings is 4. The summed E-state index contributed by atoms with van der Waals surface area (Å²) in [4.78, 5) is 4.84. The van der Waals surface area contributed by atoms with Gasteiger partial charge in [0.1, 0.15) is 0 Å². The first-order valence-electron chi connectivity index (χ1n) is 8.31. The van der Waals surface area contributed by atoms with Gasteiger partial charge in [0, 0.05) is 11.8 Å². The van der Waals surface area contributed by atoms with Crippen molar-refractivity contribution in [1.29, 1.82) is 0 Å². The zero-order chi connectivity index (χ0) is 16.4. The molecule has 0 amide bonds. The molecule has 0 aliphatic rings. The van der Waals surface area contributed by atoms with E-state index in [2.05, 4.69) is 91.9 Å². The molecule has 0 aromatic heterocycles. The molecule has 0 saturated heterocycles. The molecule has 0 N–H and O–H groups in total. The summed E-state index contributed by atoms with van der Waals surface area (Å²) in [6.07, 6.45) is 2.01. The number of fused-ring (bicyclic) bond motifs is 2. The number of nitrogens with zero attached hydrogens (tertiary/aromatic N) is 1. The van der Waals surface area contributed by atoms with Crippen LogP contribution in [0.3, 0.4) is 0 Å². The van der Waals surface area contributed by atoms with Crippen molar-refractivity contribution in [3.63, 3.8) is 0 Å². The van der Waals surface area contributed by atoms with E-state index in [1.165, 1.54) is 32.7 Å². The van der Waals surface area contributed by atoms with Crippen molar-refractivity contribution in [2.75, 3.05) is 0 Å². The molecule has 0 unspecified atom stereocenters. The molecule has 0 heterocycles. The van der Waals surface area contributed by atoms with Gasteiger partial charge in [-0.1, -0.05) is 84.9 Å². The predicted octanol–water partition coefficient (Wildman–Crippen LogP) is 6.17. The summed E-state index contributed by atoms with van der Waals surface area (Å²) in [6.45, 7) is 2.16. The van der Waals surface area contributed by atoms with Crippen molar-refractivity contribution in [3.05, 3.63) is 96.1 Å². The first kappa shape index (κ1) is 14.6. The molecule has 0 spiro atoms. The smallest absolute Gasteiger partial charge is 0.0727 e. The molecule has 0 saturated carbocycles. The summed E-state index contributed by atoms with van der Waals surface area (Å²) in [5.74, 6) is 0. The lowest BCUT2D eigenvalue weighted by atomic mass is 10.00. The molecule has 1 atom stereocenters. The summed E-state index contributed by atoms with van der Waals surface area (Å²) in [6, 6.07) is 29.9. The van der Waals surface area contributed by atoms with Crippen LogP contribution >= 0.6 is 0 Å². The van der Waals surface area contributed by atoms with Gasteiger partial charge in [-0.2, -0.15) is 0 Å². The minimum absolute atomic E-state index is 0.120. The average molecular weight is 309 g/mol. The molecule has 4 rings (SSSR count). The average Bonchev–Trinajstić information content (AvgIpc) is 2.65. The van der Waals surface area contributed by atoms with Crippen LogP contribution in [0.2, 0.25) is 0 Å². The van der Waals surface area contributed by atoms with E-state index in [4.69, 9.17) is 4.99 Å². The second-order valence-electron chi connectivity index (χ2n) is 6.09. The first-order valence-corrected chi connectivity index (χ1v) is 8.31. The number of hydrogen-bond acceptors (Lipinski definition) is 1. The van der Waals surface area contributed by atoms with Crippen LogP contribution in [-0.4, -0.2) is 6.21 Å². The maximum Gasteiger partial charge on any atom is 0.0727 e. The molecular formula is C23H19N. The second-order valence-corrected chi connectivity index (χ2v) is 6.09. The molecule has 0 aliphatic heterocycles. The van der Waals surface area contributed by atoms with Gasteiger partial charge < -0.3 is 0 Å². The van der Waals surface area contributed by atoms with Gasteiger partial charge in [-0.3, -0.25) is 4.99 Å². The Morgan fingerprint density at radius 2 is 1.25 bits per heavy atom. The van der Waals surface area contributed by atoms with Crippen molar-refractivity contribution in [3.8, 4) is 0 Å². The molecule has 4 aromatic rings. The normalized spacial score (nSPS) is 12.9. The third kappa shape index (κ3) is 2.69. The standard InChI is InChI=1S/C23H19N/c1-17(21-15-7-11-19-9-3-5-14-23(19)21)24-16-20-12-6-10-18-8-2-4-13-22(18)20/h2-17H,1H3/t17-/m1/s1. The maximum absolute atomic E-state index is 4.84. The van der Waals surface area contributed by atoms with Crippen molar-refractivity contribution in [2.45, 2.75) is 13.0 Å². The van der Waals surface area contributed by atoms with Gasteiger partial charge in [-0.15, -0.1) is 0 Å². The molecule has 0 fully saturated rings. The zero-order valence-electron chi connectivity index (χ0n) is 13.7. The number of aliphatic imine (C=N–C) groups is 1. The Morgan fingerprint density at radius 3 is 2.04 bits per heavy atom. The zero-order valence-corrected chi connectivity index (χ0v) is 13.7. The van der Waals surface area contributed by atoms with Crippen molar-refractivity contribution < 1.29 is 0 Å². The second kappa shape index (κ2) is 6.29. The van der Waals surface area contributed by atoms with Gasteiger partial charge >= 0.3 is 0 Å². The highest BCUT2D eigenvalue weighted by Crippen LogP contribution is 2.26. The van der Waals surface area contributed by atoms with E-state index in [-0.39, 0.29) is 6.04 Å². The fraction of sp³-hybridized carbons (Fsp3) is 0.0870. The van der Waals surface area contributed by atoms with Crippen LogP contribution in [0, 0.1) is 0 Å². The van der Waals surface area contributed by atoms with E-state index in [1.54, 1.807) is 0 Å². The van der Waals surface area contributed by atoms with E-state index in [9.17, 15) is 0 Å². The van der Waals surface area contributed by atoms with Crippen LogP contribution in [0.15, 0.2) is 89.9 Å². The van der Waals surface area contributed by atoms with Crippen LogP contribution < -0.4 is 0 Å². The summed E-state index contributed by atoms with van der Waals surface area (Å²) < 4.78 is 0. The lowest BCUT2D eigenvalue weighted by Crippen LogP contribution is -1.93. The fourth-order valence-electron chi connectivity index (χ4n) is 3.25. The third-order valence-electron chi connectivity index (χ3n) is 4.53. The van der Waals surface area contributed by atoms with E-state index in [0.29, 0.717) is 0 Å². The molecule has 0 aliphatic carbocycles. The van der Waals surface area contributed by atoms with E-state index in [1.807, 2.05) is 6.21 Å². The van der Waals surface area contributed by atoms with Crippen LogP contribution in [0.4, 0.5) is 0 Å². The Labute approximate surface area is 142 Å². The topological polar surface area (TPSA) is 12.4 Å². The monoisotopic (exact) mass is 309 g/mol. The van der Waals surface area contributed by atoms with Crippen LogP contribution in [-0.2, 0) is 0 Å². The molecule has 4 aromatic carbocycles. The Balaban J connectivity index is 1.72. The van der Waals surface area contributed by atoms with Crippen molar-refractivity contribution >= 4 is 27.8 Å². The Bertz CT molecular complexity index is 1020. The lowest BCUT2D eigenvalue weighted by molar-refractivity contribution is 0.834. The molecule has 116 valence electrons. The molecule has 1 heteroatoms. The molecule has 1 nitrogen and oxygen atoms in total. The quantitative estimate of drug-likeness (QED) is 0.401. The predicted molar refractivity (Wildman–Crippen MR) is 104 cm³/mol. The van der Waals surface area contributed by atoms with Crippen molar-refractivity contribution in [2.24, 2.45) is 4.99 Å². The molecule has 0 radical (unpaired) electrons. The lowest BCUT2D eigenvalue weighted by Gasteiger charge is -2.11. The minimum Gasteiger partial charge on any atom is -0.285 e. The minimum atomic E-state index is 0.120. The molecular weight excluding hydrogens is 290 g/mol. The Morgan fingerprint density at radius 1 is 0.667 bits per heavy atom. The Kier molecular flexibility index (Phi) is 3.84. The Hall–Kier alpha value is -2.93. The van der Waals surface area contributed by atoms with Gasteiger partial charge in [-0.25, -0.2) is 0 Å². The SMILES string of the molecule is C[C@@H](N=Cc1cccc2ccccc12)c1cccc2ccccc12. The van der Waals surface area contributed by atoms with Gasteiger partial charge in [0.25, 0.3) is 0 Å². The first-order chi connectivity index (χ1) is 11.8. The van der Waals surface area contributed by atoms with Crippen molar-refractivity contribution in [1.82, 2.24) is 0 Å². The van der Waals surface area contributed by atoms with Crippen LogP contribution in [0.25, 0.3) is 21.5 Å². The maximum atomic E-state index is 4.84. The summed E-state index contributed by atoms with van der Waals surface area (Å²) >= 11 is 0. The van der Waals surface area contributed by atoms with Gasteiger partial charge in [0.15, 0.2) is 0 Å². The highest BCUT2D eigenvalue weighted by Gasteiger charge is 2.07.